The number of hydrogen-bond acceptors (Lipinski definition) is 3. The summed E-state index contributed by atoms with van der Waals surface area (Å²) in [7, 11) is 1.68. The first-order valence-electron chi connectivity index (χ1n) is 5.53. The highest BCUT2D eigenvalue weighted by Crippen LogP contribution is 2.25. The maximum absolute atomic E-state index is 5.61. The molecule has 1 aromatic heterocycles. The smallest absolute Gasteiger partial charge is 0.121 e. The lowest BCUT2D eigenvalue weighted by molar-refractivity contribution is 0.412. The van der Waals surface area contributed by atoms with Crippen LogP contribution in [0.2, 0.25) is 0 Å². The van der Waals surface area contributed by atoms with Crippen LogP contribution in [0.3, 0.4) is 0 Å². The van der Waals surface area contributed by atoms with Gasteiger partial charge < -0.3 is 10.5 Å². The fourth-order valence-corrected chi connectivity index (χ4v) is 1.82. The number of nitrogens with zero attached hydrogens (tertiary/aromatic N) is 1. The zero-order valence-corrected chi connectivity index (χ0v) is 10.1. The van der Waals surface area contributed by atoms with E-state index in [4.69, 9.17) is 10.5 Å². The van der Waals surface area contributed by atoms with Crippen LogP contribution in [0.4, 0.5) is 0 Å². The third-order valence-corrected chi connectivity index (χ3v) is 2.76. The van der Waals surface area contributed by atoms with Crippen LogP contribution in [0.25, 0.3) is 11.1 Å². The highest BCUT2D eigenvalue weighted by molar-refractivity contribution is 5.65. The van der Waals surface area contributed by atoms with Crippen LogP contribution in [0, 0.1) is 6.92 Å². The van der Waals surface area contributed by atoms with Gasteiger partial charge in [-0.05, 0) is 41.8 Å². The Morgan fingerprint density at radius 2 is 2.00 bits per heavy atom. The van der Waals surface area contributed by atoms with Crippen molar-refractivity contribution in [1.29, 1.82) is 0 Å². The zero-order valence-electron chi connectivity index (χ0n) is 10.1. The predicted octanol–water partition coefficient (Wildman–Crippen LogP) is 2.52. The molecule has 0 aliphatic rings. The number of ether oxygens (including phenoxy) is 1. The molecule has 0 saturated carbocycles. The number of rotatable bonds is 3. The Morgan fingerprint density at radius 3 is 2.65 bits per heavy atom. The van der Waals surface area contributed by atoms with E-state index >= 15 is 0 Å². The van der Waals surface area contributed by atoms with Crippen molar-refractivity contribution in [3.8, 4) is 16.9 Å². The van der Waals surface area contributed by atoms with Crippen LogP contribution in [0.5, 0.6) is 5.75 Å². The van der Waals surface area contributed by atoms with Gasteiger partial charge >= 0.3 is 0 Å². The number of pyridine rings is 1. The summed E-state index contributed by atoms with van der Waals surface area (Å²) in [5, 5.41) is 0. The van der Waals surface area contributed by atoms with Gasteiger partial charge in [0.25, 0.3) is 0 Å². The van der Waals surface area contributed by atoms with Gasteiger partial charge in [-0.3, -0.25) is 4.98 Å². The van der Waals surface area contributed by atoms with Crippen LogP contribution >= 0.6 is 0 Å². The Bertz CT molecular complexity index is 523. The lowest BCUT2D eigenvalue weighted by Gasteiger charge is -2.08. The van der Waals surface area contributed by atoms with E-state index in [1.165, 1.54) is 0 Å². The van der Waals surface area contributed by atoms with Crippen molar-refractivity contribution in [1.82, 2.24) is 4.98 Å². The monoisotopic (exact) mass is 228 g/mol. The van der Waals surface area contributed by atoms with E-state index in [-0.39, 0.29) is 0 Å². The minimum absolute atomic E-state index is 0.510. The second kappa shape index (κ2) is 4.97. The summed E-state index contributed by atoms with van der Waals surface area (Å²) >= 11 is 0. The lowest BCUT2D eigenvalue weighted by Crippen LogP contribution is -1.97. The molecule has 0 aliphatic carbocycles. The molecule has 0 saturated heterocycles. The molecule has 0 aliphatic heterocycles. The van der Waals surface area contributed by atoms with Gasteiger partial charge in [-0.2, -0.15) is 0 Å². The maximum Gasteiger partial charge on any atom is 0.121 e. The molecular formula is C14H16N2O. The Labute approximate surface area is 101 Å². The van der Waals surface area contributed by atoms with Gasteiger partial charge in [0.05, 0.1) is 7.11 Å². The van der Waals surface area contributed by atoms with Crippen LogP contribution in [0.1, 0.15) is 11.1 Å². The molecular weight excluding hydrogens is 212 g/mol. The summed E-state index contributed by atoms with van der Waals surface area (Å²) in [6.45, 7) is 2.54. The molecule has 0 radical (unpaired) electrons. The minimum atomic E-state index is 0.510. The van der Waals surface area contributed by atoms with Gasteiger partial charge in [0.15, 0.2) is 0 Å². The normalized spacial score (nSPS) is 10.3. The third kappa shape index (κ3) is 2.45. The quantitative estimate of drug-likeness (QED) is 0.878. The minimum Gasteiger partial charge on any atom is -0.496 e. The molecule has 2 rings (SSSR count). The van der Waals surface area contributed by atoms with E-state index in [0.29, 0.717) is 6.54 Å². The summed E-state index contributed by atoms with van der Waals surface area (Å²) in [6.07, 6.45) is 3.64. The largest absolute Gasteiger partial charge is 0.496 e. The summed E-state index contributed by atoms with van der Waals surface area (Å²) in [6, 6.07) is 8.16. The van der Waals surface area contributed by atoms with Crippen LogP contribution < -0.4 is 10.5 Å². The number of nitrogens with two attached hydrogens (primary N) is 1. The van der Waals surface area contributed by atoms with E-state index in [9.17, 15) is 0 Å². The highest BCUT2D eigenvalue weighted by Gasteiger charge is 2.03. The third-order valence-electron chi connectivity index (χ3n) is 2.76. The summed E-state index contributed by atoms with van der Waals surface area (Å²) in [5.74, 6) is 0.900. The molecule has 17 heavy (non-hydrogen) atoms. The molecule has 0 spiro atoms. The molecule has 0 fully saturated rings. The second-order valence-corrected chi connectivity index (χ2v) is 3.97. The number of aryl methyl sites for hydroxylation is 1. The van der Waals surface area contributed by atoms with Crippen molar-refractivity contribution in [3.05, 3.63) is 47.8 Å². The fourth-order valence-electron chi connectivity index (χ4n) is 1.82. The Balaban J connectivity index is 2.42. The van der Waals surface area contributed by atoms with E-state index in [1.54, 1.807) is 13.3 Å². The number of hydrogen-bond donors (Lipinski definition) is 1. The van der Waals surface area contributed by atoms with Crippen molar-refractivity contribution in [3.63, 3.8) is 0 Å². The lowest BCUT2D eigenvalue weighted by atomic mass is 10.0. The van der Waals surface area contributed by atoms with Crippen molar-refractivity contribution in [2.24, 2.45) is 5.73 Å². The molecule has 2 aromatic rings. The Hall–Kier alpha value is -1.87. The molecule has 2 N–H and O–H groups in total. The van der Waals surface area contributed by atoms with Gasteiger partial charge in [0, 0.05) is 24.5 Å². The standard InChI is InChI=1S/C14H16N2O/c1-10-5-12(3-4-14(10)17-2)13-6-11(7-15)8-16-9-13/h3-6,8-9H,7,15H2,1-2H3. The Morgan fingerprint density at radius 1 is 1.18 bits per heavy atom. The molecule has 1 heterocycles. The molecule has 3 heteroatoms. The first-order chi connectivity index (χ1) is 8.24. The van der Waals surface area contributed by atoms with E-state index in [1.807, 2.05) is 25.3 Å². The summed E-state index contributed by atoms with van der Waals surface area (Å²) in [4.78, 5) is 4.19. The van der Waals surface area contributed by atoms with E-state index in [0.717, 1.165) is 28.0 Å². The molecule has 1 aromatic carbocycles. The van der Waals surface area contributed by atoms with Gasteiger partial charge in [0.2, 0.25) is 0 Å². The van der Waals surface area contributed by atoms with Gasteiger partial charge in [0.1, 0.15) is 5.75 Å². The number of benzene rings is 1. The fraction of sp³-hybridized carbons (Fsp3) is 0.214. The maximum atomic E-state index is 5.61. The first kappa shape index (κ1) is 11.6. The highest BCUT2D eigenvalue weighted by atomic mass is 16.5. The average molecular weight is 228 g/mol. The number of aromatic nitrogens is 1. The molecule has 88 valence electrons. The van der Waals surface area contributed by atoms with Crippen molar-refractivity contribution >= 4 is 0 Å². The molecule has 0 atom stereocenters. The van der Waals surface area contributed by atoms with Crippen LogP contribution in [-0.2, 0) is 6.54 Å². The topological polar surface area (TPSA) is 48.1 Å². The summed E-state index contributed by atoms with van der Waals surface area (Å²) < 4.78 is 5.25. The van der Waals surface area contributed by atoms with Crippen molar-refractivity contribution in [2.45, 2.75) is 13.5 Å². The number of methoxy groups -OCH3 is 1. The molecule has 0 bridgehead atoms. The van der Waals surface area contributed by atoms with E-state index in [2.05, 4.69) is 17.1 Å². The molecule has 3 nitrogen and oxygen atoms in total. The second-order valence-electron chi connectivity index (χ2n) is 3.97. The first-order valence-corrected chi connectivity index (χ1v) is 5.53. The van der Waals surface area contributed by atoms with Crippen LogP contribution in [0.15, 0.2) is 36.7 Å². The molecule has 0 amide bonds. The SMILES string of the molecule is COc1ccc(-c2cncc(CN)c2)cc1C. The Kier molecular flexibility index (Phi) is 3.40. The van der Waals surface area contributed by atoms with Crippen molar-refractivity contribution in [2.75, 3.05) is 7.11 Å². The van der Waals surface area contributed by atoms with Crippen LogP contribution in [-0.4, -0.2) is 12.1 Å². The average Bonchev–Trinajstić information content (AvgIpc) is 2.38. The predicted molar refractivity (Wildman–Crippen MR) is 68.9 cm³/mol. The zero-order chi connectivity index (χ0) is 12.3. The van der Waals surface area contributed by atoms with E-state index < -0.39 is 0 Å². The van der Waals surface area contributed by atoms with Gasteiger partial charge in [-0.1, -0.05) is 6.07 Å². The summed E-state index contributed by atoms with van der Waals surface area (Å²) in [5.41, 5.74) is 9.98. The van der Waals surface area contributed by atoms with Gasteiger partial charge in [-0.15, -0.1) is 0 Å². The van der Waals surface area contributed by atoms with Gasteiger partial charge in [-0.25, -0.2) is 0 Å². The van der Waals surface area contributed by atoms with Crippen molar-refractivity contribution < 1.29 is 4.74 Å². The molecule has 0 unspecified atom stereocenters.